The molecule has 1 amide bonds. The highest BCUT2D eigenvalue weighted by Gasteiger charge is 2.29. The summed E-state index contributed by atoms with van der Waals surface area (Å²) < 4.78 is 5.26. The van der Waals surface area contributed by atoms with Crippen LogP contribution in [0.15, 0.2) is 48.7 Å². The predicted molar refractivity (Wildman–Crippen MR) is 96.0 cm³/mol. The number of carbonyl (C=O) groups excluding carboxylic acids is 1. The van der Waals surface area contributed by atoms with Gasteiger partial charge < -0.3 is 10.1 Å². The Hall–Kier alpha value is -2.44. The number of pyridine rings is 1. The summed E-state index contributed by atoms with van der Waals surface area (Å²) in [5.41, 5.74) is 8.44. The van der Waals surface area contributed by atoms with Crippen molar-refractivity contribution in [3.63, 3.8) is 0 Å². The molecular formula is C19H24N4O2. The normalized spacial score (nSPS) is 19.6. The maximum absolute atomic E-state index is 12.3. The summed E-state index contributed by atoms with van der Waals surface area (Å²) in [6, 6.07) is 13.7. The number of carbonyl (C=O) groups is 1. The Morgan fingerprint density at radius 2 is 2.20 bits per heavy atom. The van der Waals surface area contributed by atoms with Crippen molar-refractivity contribution in [1.29, 1.82) is 0 Å². The van der Waals surface area contributed by atoms with Gasteiger partial charge in [-0.2, -0.15) is 0 Å². The van der Waals surface area contributed by atoms with Gasteiger partial charge in [-0.3, -0.25) is 9.78 Å². The van der Waals surface area contributed by atoms with Crippen LogP contribution in [-0.4, -0.2) is 30.6 Å². The number of aromatic nitrogens is 1. The predicted octanol–water partition coefficient (Wildman–Crippen LogP) is 1.75. The van der Waals surface area contributed by atoms with Gasteiger partial charge in [-0.15, -0.1) is 0 Å². The number of rotatable bonds is 7. The third-order valence-corrected chi connectivity index (χ3v) is 4.35. The molecule has 1 aromatic carbocycles. The molecule has 6 heteroatoms. The van der Waals surface area contributed by atoms with Crippen LogP contribution in [0.2, 0.25) is 0 Å². The van der Waals surface area contributed by atoms with Gasteiger partial charge >= 0.3 is 0 Å². The summed E-state index contributed by atoms with van der Waals surface area (Å²) in [7, 11) is 1.65. The second-order valence-electron chi connectivity index (χ2n) is 6.12. The summed E-state index contributed by atoms with van der Waals surface area (Å²) in [5, 5.41) is 3.00. The van der Waals surface area contributed by atoms with Crippen LogP contribution >= 0.6 is 0 Å². The molecule has 2 atom stereocenters. The largest absolute Gasteiger partial charge is 0.497 e. The van der Waals surface area contributed by atoms with Crippen LogP contribution in [0.3, 0.4) is 0 Å². The molecule has 1 aliphatic rings. The summed E-state index contributed by atoms with van der Waals surface area (Å²) in [6.07, 6.45) is 4.24. The minimum atomic E-state index is -0.231. The fourth-order valence-electron chi connectivity index (χ4n) is 2.96. The first kappa shape index (κ1) is 17.4. The number of hydrazine groups is 1. The van der Waals surface area contributed by atoms with Crippen LogP contribution in [0.1, 0.15) is 30.1 Å². The number of hydrogen-bond acceptors (Lipinski definition) is 5. The quantitative estimate of drug-likeness (QED) is 0.670. The van der Waals surface area contributed by atoms with E-state index in [-0.39, 0.29) is 18.0 Å². The zero-order valence-electron chi connectivity index (χ0n) is 14.4. The van der Waals surface area contributed by atoms with Crippen LogP contribution in [0.25, 0.3) is 0 Å². The van der Waals surface area contributed by atoms with Crippen molar-refractivity contribution in [2.75, 3.05) is 13.7 Å². The molecule has 6 nitrogen and oxygen atoms in total. The lowest BCUT2D eigenvalue weighted by Crippen LogP contribution is -2.43. The monoisotopic (exact) mass is 340 g/mol. The Morgan fingerprint density at radius 3 is 3.00 bits per heavy atom. The molecule has 0 bridgehead atoms. The van der Waals surface area contributed by atoms with E-state index in [1.54, 1.807) is 13.3 Å². The van der Waals surface area contributed by atoms with E-state index < -0.39 is 0 Å². The van der Waals surface area contributed by atoms with Crippen molar-refractivity contribution in [2.24, 2.45) is 0 Å². The Bertz CT molecular complexity index is 693. The highest BCUT2D eigenvalue weighted by Crippen LogP contribution is 2.25. The summed E-state index contributed by atoms with van der Waals surface area (Å²) in [6.45, 7) is 0.650. The molecule has 1 saturated heterocycles. The van der Waals surface area contributed by atoms with Gasteiger partial charge in [0.15, 0.2) is 0 Å². The number of methoxy groups -OCH3 is 1. The minimum absolute atomic E-state index is 0.0268. The van der Waals surface area contributed by atoms with Gasteiger partial charge in [0, 0.05) is 24.5 Å². The molecule has 2 heterocycles. The first-order valence-electron chi connectivity index (χ1n) is 8.59. The number of hydrogen-bond donors (Lipinski definition) is 3. The number of ether oxygens (including phenoxy) is 1. The summed E-state index contributed by atoms with van der Waals surface area (Å²) in [5.74, 6) is 0.848. The Kier molecular flexibility index (Phi) is 5.98. The highest BCUT2D eigenvalue weighted by molar-refractivity contribution is 5.82. The van der Waals surface area contributed by atoms with Crippen molar-refractivity contribution in [1.82, 2.24) is 21.2 Å². The molecule has 0 saturated carbocycles. The Balaban J connectivity index is 1.43. The molecule has 132 valence electrons. The maximum atomic E-state index is 12.3. The Morgan fingerprint density at radius 1 is 1.28 bits per heavy atom. The molecule has 1 fully saturated rings. The summed E-state index contributed by atoms with van der Waals surface area (Å²) >= 11 is 0. The number of benzene rings is 1. The lowest BCUT2D eigenvalue weighted by molar-refractivity contribution is -0.122. The molecule has 1 aliphatic heterocycles. The highest BCUT2D eigenvalue weighted by atomic mass is 16.5. The van der Waals surface area contributed by atoms with Crippen molar-refractivity contribution in [3.05, 3.63) is 59.9 Å². The zero-order chi connectivity index (χ0) is 17.5. The number of amides is 1. The number of aryl methyl sites for hydroxylation is 1. The standard InChI is InChI=1S/C19H24N4O2/c1-25-16-9-4-6-14(12-16)17-13-18(23-22-17)19(24)21-11-5-8-15-7-2-3-10-20-15/h2-4,6-7,9-10,12,17-18,22-23H,5,8,11,13H2,1H3,(H,21,24). The molecule has 2 aromatic rings. The van der Waals surface area contributed by atoms with Crippen molar-refractivity contribution < 1.29 is 9.53 Å². The number of nitrogens with one attached hydrogen (secondary N) is 3. The van der Waals surface area contributed by atoms with Crippen LogP contribution < -0.4 is 20.9 Å². The third-order valence-electron chi connectivity index (χ3n) is 4.35. The van der Waals surface area contributed by atoms with Gasteiger partial charge in [0.2, 0.25) is 5.91 Å². The van der Waals surface area contributed by atoms with E-state index in [0.717, 1.165) is 29.8 Å². The van der Waals surface area contributed by atoms with E-state index in [4.69, 9.17) is 4.74 Å². The van der Waals surface area contributed by atoms with Crippen molar-refractivity contribution in [3.8, 4) is 5.75 Å². The maximum Gasteiger partial charge on any atom is 0.238 e. The fourth-order valence-corrected chi connectivity index (χ4v) is 2.96. The van der Waals surface area contributed by atoms with Gasteiger partial charge in [0.25, 0.3) is 0 Å². The first-order chi connectivity index (χ1) is 12.3. The van der Waals surface area contributed by atoms with E-state index in [0.29, 0.717) is 13.0 Å². The van der Waals surface area contributed by atoms with E-state index in [1.807, 2.05) is 42.5 Å². The smallest absolute Gasteiger partial charge is 0.238 e. The van der Waals surface area contributed by atoms with Gasteiger partial charge in [-0.1, -0.05) is 18.2 Å². The van der Waals surface area contributed by atoms with Gasteiger partial charge in [0.1, 0.15) is 11.8 Å². The van der Waals surface area contributed by atoms with E-state index in [2.05, 4.69) is 21.2 Å². The van der Waals surface area contributed by atoms with Crippen LogP contribution in [0.4, 0.5) is 0 Å². The first-order valence-corrected chi connectivity index (χ1v) is 8.59. The van der Waals surface area contributed by atoms with Crippen molar-refractivity contribution in [2.45, 2.75) is 31.3 Å². The zero-order valence-corrected chi connectivity index (χ0v) is 14.4. The molecule has 3 N–H and O–H groups in total. The van der Waals surface area contributed by atoms with E-state index >= 15 is 0 Å². The van der Waals surface area contributed by atoms with E-state index in [1.165, 1.54) is 0 Å². The SMILES string of the molecule is COc1cccc(C2CC(C(=O)NCCCc3ccccn3)NN2)c1. The van der Waals surface area contributed by atoms with Gasteiger partial charge in [-0.25, -0.2) is 10.9 Å². The van der Waals surface area contributed by atoms with Crippen LogP contribution in [-0.2, 0) is 11.2 Å². The molecule has 1 aromatic heterocycles. The van der Waals surface area contributed by atoms with Gasteiger partial charge in [0.05, 0.1) is 7.11 Å². The molecule has 0 radical (unpaired) electrons. The molecule has 3 rings (SSSR count). The van der Waals surface area contributed by atoms with Crippen LogP contribution in [0, 0.1) is 0 Å². The molecule has 0 spiro atoms. The third kappa shape index (κ3) is 4.78. The molecule has 2 unspecified atom stereocenters. The topological polar surface area (TPSA) is 75.3 Å². The lowest BCUT2D eigenvalue weighted by atomic mass is 10.0. The summed E-state index contributed by atoms with van der Waals surface area (Å²) in [4.78, 5) is 16.6. The number of nitrogens with zero attached hydrogens (tertiary/aromatic N) is 1. The van der Waals surface area contributed by atoms with Crippen molar-refractivity contribution >= 4 is 5.91 Å². The lowest BCUT2D eigenvalue weighted by Gasteiger charge is -2.11. The minimum Gasteiger partial charge on any atom is -0.497 e. The molecular weight excluding hydrogens is 316 g/mol. The average Bonchev–Trinajstić information content (AvgIpc) is 3.16. The average molecular weight is 340 g/mol. The second-order valence-corrected chi connectivity index (χ2v) is 6.12. The Labute approximate surface area is 148 Å². The van der Waals surface area contributed by atoms with E-state index in [9.17, 15) is 4.79 Å². The van der Waals surface area contributed by atoms with Gasteiger partial charge in [-0.05, 0) is 49.1 Å². The molecule has 0 aliphatic carbocycles. The molecule has 25 heavy (non-hydrogen) atoms. The fraction of sp³-hybridized carbons (Fsp3) is 0.368. The van der Waals surface area contributed by atoms with Crippen LogP contribution in [0.5, 0.6) is 5.75 Å². The second kappa shape index (κ2) is 8.60.